The van der Waals surface area contributed by atoms with Crippen LogP contribution in [0.4, 0.5) is 11.4 Å². The maximum atomic E-state index is 13.2. The lowest BCUT2D eigenvalue weighted by atomic mass is 9.97. The number of rotatable bonds is 4. The zero-order valence-electron chi connectivity index (χ0n) is 17.8. The molecule has 160 valence electrons. The molecule has 1 unspecified atom stereocenters. The van der Waals surface area contributed by atoms with Crippen LogP contribution < -0.4 is 15.0 Å². The average Bonchev–Trinajstić information content (AvgIpc) is 2.91. The van der Waals surface area contributed by atoms with Gasteiger partial charge in [0.2, 0.25) is 0 Å². The van der Waals surface area contributed by atoms with Crippen molar-refractivity contribution in [3.8, 4) is 17.6 Å². The number of aliphatic hydroxyl groups is 1. The fourth-order valence-corrected chi connectivity index (χ4v) is 3.71. The van der Waals surface area contributed by atoms with E-state index in [9.17, 15) is 14.7 Å². The van der Waals surface area contributed by atoms with Gasteiger partial charge in [-0.2, -0.15) is 0 Å². The van der Waals surface area contributed by atoms with Gasteiger partial charge in [-0.3, -0.25) is 14.5 Å². The molecule has 0 saturated carbocycles. The molecule has 0 aliphatic carbocycles. The standard InChI is InChI=1S/C26H22N2O4/c1-3-4-15-28-23-14-11-18(27-25(30)17-9-12-19(32-2)13-10-17)16-22(23)24(29)20-7-5-6-8-21(20)26(28)31/h5-14,16,24,29H,15H2,1-2H3,(H,27,30). The first kappa shape index (κ1) is 21.2. The zero-order valence-corrected chi connectivity index (χ0v) is 17.8. The maximum absolute atomic E-state index is 13.2. The molecule has 3 aromatic rings. The van der Waals surface area contributed by atoms with Gasteiger partial charge in [0, 0.05) is 22.4 Å². The average molecular weight is 426 g/mol. The number of anilines is 2. The predicted octanol–water partition coefficient (Wildman–Crippen LogP) is 4.01. The van der Waals surface area contributed by atoms with Crippen molar-refractivity contribution >= 4 is 23.2 Å². The van der Waals surface area contributed by atoms with Crippen molar-refractivity contribution in [3.05, 3.63) is 89.0 Å². The third-order valence-corrected chi connectivity index (χ3v) is 5.37. The zero-order chi connectivity index (χ0) is 22.7. The Morgan fingerprint density at radius 1 is 1.09 bits per heavy atom. The molecule has 2 amide bonds. The van der Waals surface area contributed by atoms with Gasteiger partial charge in [-0.15, -0.1) is 5.92 Å². The van der Waals surface area contributed by atoms with E-state index in [1.54, 1.807) is 85.7 Å². The Bertz CT molecular complexity index is 1240. The molecule has 32 heavy (non-hydrogen) atoms. The van der Waals surface area contributed by atoms with E-state index in [2.05, 4.69) is 17.2 Å². The van der Waals surface area contributed by atoms with Crippen molar-refractivity contribution in [3.63, 3.8) is 0 Å². The summed E-state index contributed by atoms with van der Waals surface area (Å²) in [4.78, 5) is 27.5. The Kier molecular flexibility index (Phi) is 5.93. The van der Waals surface area contributed by atoms with Crippen molar-refractivity contribution in [1.29, 1.82) is 0 Å². The van der Waals surface area contributed by atoms with Crippen LogP contribution in [0.2, 0.25) is 0 Å². The number of fused-ring (bicyclic) bond motifs is 2. The number of carbonyl (C=O) groups is 2. The lowest BCUT2D eigenvalue weighted by molar-refractivity contribution is 0.0987. The highest BCUT2D eigenvalue weighted by molar-refractivity contribution is 6.09. The number of nitrogens with zero attached hydrogens (tertiary/aromatic N) is 1. The highest BCUT2D eigenvalue weighted by atomic mass is 16.5. The molecular formula is C26H22N2O4. The van der Waals surface area contributed by atoms with Gasteiger partial charge >= 0.3 is 0 Å². The van der Waals surface area contributed by atoms with E-state index in [1.807, 2.05) is 0 Å². The molecule has 6 heteroatoms. The van der Waals surface area contributed by atoms with Crippen molar-refractivity contribution in [1.82, 2.24) is 0 Å². The molecule has 0 bridgehead atoms. The second-order valence-electron chi connectivity index (χ2n) is 7.26. The first-order valence-electron chi connectivity index (χ1n) is 10.1. The minimum Gasteiger partial charge on any atom is -0.497 e. The van der Waals surface area contributed by atoms with Gasteiger partial charge in [0.15, 0.2) is 0 Å². The Morgan fingerprint density at radius 2 is 1.84 bits per heavy atom. The number of hydrogen-bond acceptors (Lipinski definition) is 4. The first-order chi connectivity index (χ1) is 15.5. The highest BCUT2D eigenvalue weighted by Gasteiger charge is 2.31. The van der Waals surface area contributed by atoms with E-state index < -0.39 is 6.10 Å². The summed E-state index contributed by atoms with van der Waals surface area (Å²) < 4.78 is 5.13. The van der Waals surface area contributed by atoms with Crippen LogP contribution >= 0.6 is 0 Å². The number of methoxy groups -OCH3 is 1. The van der Waals surface area contributed by atoms with E-state index in [1.165, 1.54) is 0 Å². The molecular weight excluding hydrogens is 404 g/mol. The number of carbonyl (C=O) groups excluding carboxylic acids is 2. The first-order valence-corrected chi connectivity index (χ1v) is 10.1. The van der Waals surface area contributed by atoms with Crippen LogP contribution in [-0.4, -0.2) is 30.6 Å². The molecule has 0 spiro atoms. The summed E-state index contributed by atoms with van der Waals surface area (Å²) in [6, 6.07) is 18.9. The topological polar surface area (TPSA) is 78.9 Å². The normalized spacial score (nSPS) is 14.4. The molecule has 1 heterocycles. The summed E-state index contributed by atoms with van der Waals surface area (Å²) in [5.41, 5.74) is 3.01. The predicted molar refractivity (Wildman–Crippen MR) is 123 cm³/mol. The molecule has 6 nitrogen and oxygen atoms in total. The third-order valence-electron chi connectivity index (χ3n) is 5.37. The van der Waals surface area contributed by atoms with Crippen LogP contribution in [0.1, 0.15) is 44.9 Å². The molecule has 0 aromatic heterocycles. The van der Waals surface area contributed by atoms with Crippen LogP contribution in [0.5, 0.6) is 5.75 Å². The quantitative estimate of drug-likeness (QED) is 0.618. The number of benzene rings is 3. The van der Waals surface area contributed by atoms with Crippen molar-refractivity contribution in [2.45, 2.75) is 13.0 Å². The van der Waals surface area contributed by atoms with Crippen molar-refractivity contribution < 1.29 is 19.4 Å². The maximum Gasteiger partial charge on any atom is 0.259 e. The third kappa shape index (κ3) is 3.94. The van der Waals surface area contributed by atoms with Crippen molar-refractivity contribution in [2.75, 3.05) is 23.9 Å². The van der Waals surface area contributed by atoms with Crippen LogP contribution in [0.3, 0.4) is 0 Å². The summed E-state index contributed by atoms with van der Waals surface area (Å²) >= 11 is 0. The SMILES string of the molecule is CC#CCN1C(=O)c2ccccc2C(O)c2cc(NC(=O)c3ccc(OC)cc3)ccc21. The van der Waals surface area contributed by atoms with Crippen LogP contribution in [-0.2, 0) is 0 Å². The fourth-order valence-electron chi connectivity index (χ4n) is 3.71. The largest absolute Gasteiger partial charge is 0.497 e. The summed E-state index contributed by atoms with van der Waals surface area (Å²) in [6.45, 7) is 1.91. The number of hydrogen-bond donors (Lipinski definition) is 2. The van der Waals surface area contributed by atoms with Gasteiger partial charge in [-0.1, -0.05) is 24.1 Å². The highest BCUT2D eigenvalue weighted by Crippen LogP contribution is 2.38. The minimum absolute atomic E-state index is 0.195. The van der Waals surface area contributed by atoms with E-state index in [0.29, 0.717) is 39.4 Å². The molecule has 1 aliphatic rings. The molecule has 0 saturated heterocycles. The minimum atomic E-state index is -1.03. The fraction of sp³-hybridized carbons (Fsp3) is 0.154. The van der Waals surface area contributed by atoms with Gasteiger partial charge < -0.3 is 15.2 Å². The number of ether oxygens (including phenoxy) is 1. The van der Waals surface area contributed by atoms with Gasteiger partial charge in [0.1, 0.15) is 11.9 Å². The van der Waals surface area contributed by atoms with Crippen LogP contribution in [0.25, 0.3) is 0 Å². The number of aliphatic hydroxyl groups excluding tert-OH is 1. The molecule has 1 aliphatic heterocycles. The van der Waals surface area contributed by atoms with Gasteiger partial charge in [-0.25, -0.2) is 0 Å². The van der Waals surface area contributed by atoms with Crippen molar-refractivity contribution in [2.24, 2.45) is 0 Å². The molecule has 4 rings (SSSR count). The number of nitrogens with one attached hydrogen (secondary N) is 1. The second kappa shape index (κ2) is 8.96. The lowest BCUT2D eigenvalue weighted by Gasteiger charge is -2.22. The Labute approximate surface area is 186 Å². The van der Waals surface area contributed by atoms with Gasteiger partial charge in [0.25, 0.3) is 11.8 Å². The van der Waals surface area contributed by atoms with Gasteiger partial charge in [-0.05, 0) is 61.0 Å². The summed E-state index contributed by atoms with van der Waals surface area (Å²) in [5.74, 6) is 5.89. The van der Waals surface area contributed by atoms with E-state index in [0.717, 1.165) is 0 Å². The molecule has 2 N–H and O–H groups in total. The van der Waals surface area contributed by atoms with Crippen LogP contribution in [0.15, 0.2) is 66.7 Å². The van der Waals surface area contributed by atoms with E-state index in [4.69, 9.17) is 4.74 Å². The van der Waals surface area contributed by atoms with E-state index >= 15 is 0 Å². The second-order valence-corrected chi connectivity index (χ2v) is 7.26. The van der Waals surface area contributed by atoms with E-state index in [-0.39, 0.29) is 18.4 Å². The van der Waals surface area contributed by atoms with Gasteiger partial charge in [0.05, 0.1) is 19.3 Å². The lowest BCUT2D eigenvalue weighted by Crippen LogP contribution is -2.31. The molecule has 3 aromatic carbocycles. The van der Waals surface area contributed by atoms with Crippen LogP contribution in [0, 0.1) is 11.8 Å². The summed E-state index contributed by atoms with van der Waals surface area (Å²) in [7, 11) is 1.56. The Hall–Kier alpha value is -4.08. The Morgan fingerprint density at radius 3 is 2.56 bits per heavy atom. The smallest absolute Gasteiger partial charge is 0.259 e. The Balaban J connectivity index is 1.72. The molecule has 0 fully saturated rings. The monoisotopic (exact) mass is 426 g/mol. The summed E-state index contributed by atoms with van der Waals surface area (Å²) in [6.07, 6.45) is -1.03. The molecule has 1 atom stereocenters. The summed E-state index contributed by atoms with van der Waals surface area (Å²) in [5, 5.41) is 14.0. The number of amides is 2. The molecule has 0 radical (unpaired) electrons.